The number of quaternary nitrogens is 2. The Balaban J connectivity index is 4.52. The third-order valence-corrected chi connectivity index (χ3v) is 9.45. The van der Waals surface area contributed by atoms with Crippen molar-refractivity contribution in [3.8, 4) is 0 Å². The van der Waals surface area contributed by atoms with Crippen LogP contribution in [0.1, 0.15) is 143 Å². The van der Waals surface area contributed by atoms with Crippen LogP contribution in [0.2, 0.25) is 0 Å². The van der Waals surface area contributed by atoms with E-state index in [0.29, 0.717) is 0 Å². The van der Waals surface area contributed by atoms with E-state index < -0.39 is 0 Å². The topological polar surface area (TPSA) is 3.24 Å². The Morgan fingerprint density at radius 3 is 1.31 bits per heavy atom. The van der Waals surface area contributed by atoms with E-state index in [1.165, 1.54) is 151 Å². The fraction of sp³-hybridized carbons (Fsp3) is 1.00. The van der Waals surface area contributed by atoms with E-state index in [9.17, 15) is 0 Å². The molecule has 0 N–H and O–H groups in total. The molecule has 36 heavy (non-hydrogen) atoms. The minimum atomic E-state index is 0.757. The molecule has 0 aromatic heterocycles. The van der Waals surface area contributed by atoms with E-state index >= 15 is 0 Å². The molecule has 0 spiro atoms. The third-order valence-electron chi connectivity index (χ3n) is 9.45. The number of hydrogen-bond donors (Lipinski definition) is 0. The van der Waals surface area contributed by atoms with Crippen molar-refractivity contribution in [2.24, 2.45) is 0 Å². The molecule has 0 heterocycles. The average Bonchev–Trinajstić information content (AvgIpc) is 2.84. The molecule has 3 nitrogen and oxygen atoms in total. The van der Waals surface area contributed by atoms with Crippen molar-refractivity contribution in [1.82, 2.24) is 4.90 Å². The third kappa shape index (κ3) is 18.2. The SMILES string of the molecule is CCCCCCCCCCC(C)[N+](C)(C)CC[N+](C)(CCN(C)C)C(C)CCCCCCCCCC. The van der Waals surface area contributed by atoms with E-state index in [-0.39, 0.29) is 0 Å². The lowest BCUT2D eigenvalue weighted by Gasteiger charge is -2.44. The van der Waals surface area contributed by atoms with Crippen LogP contribution >= 0.6 is 0 Å². The molecule has 218 valence electrons. The maximum Gasteiger partial charge on any atom is 0.129 e. The van der Waals surface area contributed by atoms with Crippen LogP contribution in [-0.4, -0.2) is 87.4 Å². The maximum atomic E-state index is 2.56. The summed E-state index contributed by atoms with van der Waals surface area (Å²) in [6.45, 7) is 14.7. The Bertz CT molecular complexity index is 476. The highest BCUT2D eigenvalue weighted by molar-refractivity contribution is 4.59. The summed E-state index contributed by atoms with van der Waals surface area (Å²) in [6, 6.07) is 1.52. The Morgan fingerprint density at radius 1 is 0.500 bits per heavy atom. The molecular formula is C33H73N3+2. The number of unbranched alkanes of at least 4 members (excludes halogenated alkanes) is 14. The van der Waals surface area contributed by atoms with Gasteiger partial charge in [0.25, 0.3) is 0 Å². The summed E-state index contributed by atoms with van der Waals surface area (Å²) in [5.41, 5.74) is 0. The van der Waals surface area contributed by atoms with Gasteiger partial charge in [-0.1, -0.05) is 104 Å². The van der Waals surface area contributed by atoms with Crippen molar-refractivity contribution in [2.75, 3.05) is 61.4 Å². The highest BCUT2D eigenvalue weighted by Crippen LogP contribution is 2.21. The summed E-state index contributed by atoms with van der Waals surface area (Å²) in [5.74, 6) is 0. The molecule has 0 saturated heterocycles. The normalized spacial score (nSPS) is 15.8. The van der Waals surface area contributed by atoms with Gasteiger partial charge in [-0.15, -0.1) is 0 Å². The molecule has 0 rings (SSSR count). The second-order valence-electron chi connectivity index (χ2n) is 13.5. The van der Waals surface area contributed by atoms with Crippen molar-refractivity contribution in [1.29, 1.82) is 0 Å². The average molecular weight is 512 g/mol. The van der Waals surface area contributed by atoms with Crippen molar-refractivity contribution < 1.29 is 8.97 Å². The van der Waals surface area contributed by atoms with Gasteiger partial charge < -0.3 is 13.9 Å². The fourth-order valence-electron chi connectivity index (χ4n) is 5.50. The zero-order valence-corrected chi connectivity index (χ0v) is 27.1. The molecule has 0 aliphatic rings. The molecule has 0 aliphatic heterocycles. The molecule has 0 fully saturated rings. The van der Waals surface area contributed by atoms with E-state index in [1.54, 1.807) is 0 Å². The minimum absolute atomic E-state index is 0.757. The molecule has 0 aliphatic carbocycles. The van der Waals surface area contributed by atoms with Crippen LogP contribution in [0.4, 0.5) is 0 Å². The molecule has 0 saturated carbocycles. The van der Waals surface area contributed by atoms with Gasteiger partial charge in [0, 0.05) is 6.54 Å². The van der Waals surface area contributed by atoms with E-state index in [1.807, 2.05) is 0 Å². The Labute approximate surface area is 230 Å². The molecule has 0 amide bonds. The van der Waals surface area contributed by atoms with E-state index in [0.717, 1.165) is 12.1 Å². The molecule has 3 heteroatoms. The van der Waals surface area contributed by atoms with E-state index in [4.69, 9.17) is 0 Å². The number of hydrogen-bond acceptors (Lipinski definition) is 1. The van der Waals surface area contributed by atoms with Crippen molar-refractivity contribution in [3.63, 3.8) is 0 Å². The summed E-state index contributed by atoms with van der Waals surface area (Å²) < 4.78 is 2.41. The summed E-state index contributed by atoms with van der Waals surface area (Å²) in [4.78, 5) is 2.38. The predicted molar refractivity (Wildman–Crippen MR) is 165 cm³/mol. The van der Waals surface area contributed by atoms with Crippen molar-refractivity contribution in [2.45, 2.75) is 155 Å². The molecule has 0 bridgehead atoms. The van der Waals surface area contributed by atoms with Crippen LogP contribution in [0.15, 0.2) is 0 Å². The molecular weight excluding hydrogens is 438 g/mol. The molecule has 3 atom stereocenters. The van der Waals surface area contributed by atoms with Gasteiger partial charge in [0.1, 0.15) is 13.1 Å². The Kier molecular flexibility index (Phi) is 21.7. The first kappa shape index (κ1) is 35.9. The van der Waals surface area contributed by atoms with Crippen LogP contribution in [0.3, 0.4) is 0 Å². The first-order valence-electron chi connectivity index (χ1n) is 16.4. The second-order valence-corrected chi connectivity index (χ2v) is 13.5. The van der Waals surface area contributed by atoms with Crippen molar-refractivity contribution in [3.05, 3.63) is 0 Å². The van der Waals surface area contributed by atoms with Gasteiger partial charge in [0.15, 0.2) is 0 Å². The van der Waals surface area contributed by atoms with Gasteiger partial charge in [-0.25, -0.2) is 0 Å². The first-order chi connectivity index (χ1) is 17.1. The van der Waals surface area contributed by atoms with Gasteiger partial charge in [-0.2, -0.15) is 0 Å². The maximum absolute atomic E-state index is 2.56. The Hall–Kier alpha value is -0.120. The van der Waals surface area contributed by atoms with Crippen LogP contribution in [-0.2, 0) is 0 Å². The fourth-order valence-corrected chi connectivity index (χ4v) is 5.50. The van der Waals surface area contributed by atoms with Gasteiger partial charge in [0.05, 0.1) is 39.8 Å². The lowest BCUT2D eigenvalue weighted by atomic mass is 10.0. The second kappa shape index (κ2) is 21.8. The minimum Gasteiger partial charge on any atom is -0.322 e. The molecule has 0 aromatic carbocycles. The summed E-state index contributed by atoms with van der Waals surface area (Å²) in [7, 11) is 12.0. The number of rotatable bonds is 26. The standard InChI is InChI=1S/C33H73N3/c1-10-12-14-16-18-20-22-24-26-32(3)35(7,8)30-31-36(9,29-28-34(5)6)33(4)27-25-23-21-19-17-15-13-11-2/h32-33H,10-31H2,1-9H3/q+2. The molecule has 0 radical (unpaired) electrons. The predicted octanol–water partition coefficient (Wildman–Crippen LogP) is 8.91. The summed E-state index contributed by atoms with van der Waals surface area (Å²) >= 11 is 0. The number of nitrogens with zero attached hydrogens (tertiary/aromatic N) is 3. The first-order valence-corrected chi connectivity index (χ1v) is 16.4. The highest BCUT2D eigenvalue weighted by Gasteiger charge is 2.33. The van der Waals surface area contributed by atoms with Gasteiger partial charge in [-0.05, 0) is 53.6 Å². The van der Waals surface area contributed by atoms with Crippen molar-refractivity contribution >= 4 is 0 Å². The Morgan fingerprint density at radius 2 is 0.889 bits per heavy atom. The van der Waals surface area contributed by atoms with Crippen LogP contribution in [0.5, 0.6) is 0 Å². The summed E-state index contributed by atoms with van der Waals surface area (Å²) in [6.07, 6.45) is 25.6. The van der Waals surface area contributed by atoms with E-state index in [2.05, 4.69) is 67.8 Å². The molecule has 3 unspecified atom stereocenters. The van der Waals surface area contributed by atoms with Gasteiger partial charge in [-0.3, -0.25) is 0 Å². The van der Waals surface area contributed by atoms with Crippen LogP contribution in [0.25, 0.3) is 0 Å². The molecule has 0 aromatic rings. The zero-order valence-electron chi connectivity index (χ0n) is 27.1. The largest absolute Gasteiger partial charge is 0.322 e. The monoisotopic (exact) mass is 512 g/mol. The number of likely N-dealkylation sites (N-methyl/N-ethyl adjacent to an activating group) is 3. The zero-order chi connectivity index (χ0) is 27.3. The lowest BCUT2D eigenvalue weighted by molar-refractivity contribution is -0.976. The smallest absolute Gasteiger partial charge is 0.129 e. The van der Waals surface area contributed by atoms with Crippen LogP contribution in [0, 0.1) is 0 Å². The lowest BCUT2D eigenvalue weighted by Crippen LogP contribution is -2.60. The van der Waals surface area contributed by atoms with Gasteiger partial charge in [0.2, 0.25) is 0 Å². The van der Waals surface area contributed by atoms with Gasteiger partial charge >= 0.3 is 0 Å². The van der Waals surface area contributed by atoms with Crippen LogP contribution < -0.4 is 0 Å². The quantitative estimate of drug-likeness (QED) is 0.0827. The highest BCUT2D eigenvalue weighted by atomic mass is 15.4. The summed E-state index contributed by atoms with van der Waals surface area (Å²) in [5, 5.41) is 0.